The minimum Gasteiger partial charge on any atom is -0.490 e. The lowest BCUT2D eigenvalue weighted by atomic mass is 10.2. The van der Waals surface area contributed by atoms with E-state index >= 15 is 0 Å². The maximum atomic E-state index is 12.3. The van der Waals surface area contributed by atoms with Crippen LogP contribution in [0.1, 0.15) is 12.8 Å². The number of aliphatic carboxylic acids is 1. The van der Waals surface area contributed by atoms with Crippen molar-refractivity contribution in [1.29, 1.82) is 0 Å². The second kappa shape index (κ2) is 8.03. The van der Waals surface area contributed by atoms with Crippen LogP contribution in [0, 0.1) is 0 Å². The van der Waals surface area contributed by atoms with Crippen molar-refractivity contribution in [3.05, 3.63) is 23.2 Å². The van der Waals surface area contributed by atoms with Gasteiger partial charge in [-0.2, -0.15) is 0 Å². The highest BCUT2D eigenvalue weighted by atomic mass is 35.5. The molecule has 1 fully saturated rings. The van der Waals surface area contributed by atoms with Crippen molar-refractivity contribution >= 4 is 39.0 Å². The molecule has 0 aliphatic carbocycles. The molecule has 10 heteroatoms. The van der Waals surface area contributed by atoms with E-state index in [1.807, 2.05) is 0 Å². The highest BCUT2D eigenvalue weighted by Gasteiger charge is 2.35. The molecule has 2 N–H and O–H groups in total. The van der Waals surface area contributed by atoms with Crippen LogP contribution in [0.15, 0.2) is 18.2 Å². The minimum atomic E-state index is -3.18. The van der Waals surface area contributed by atoms with E-state index in [0.717, 1.165) is 6.26 Å². The maximum Gasteiger partial charge on any atom is 0.332 e. The maximum absolute atomic E-state index is 12.3. The summed E-state index contributed by atoms with van der Waals surface area (Å²) in [6.45, 7) is -0.0790. The Morgan fingerprint density at radius 2 is 2.04 bits per heavy atom. The summed E-state index contributed by atoms with van der Waals surface area (Å²) in [5.74, 6) is -1.54. The van der Waals surface area contributed by atoms with Gasteiger partial charge in [0.2, 0.25) is 0 Å². The number of carbonyl (C=O) groups excluding carboxylic acids is 1. The molecular weight excluding hydrogens is 374 g/mol. The minimum absolute atomic E-state index is 0.0790. The smallest absolute Gasteiger partial charge is 0.332 e. The highest BCUT2D eigenvalue weighted by molar-refractivity contribution is 7.90. The van der Waals surface area contributed by atoms with Gasteiger partial charge >= 0.3 is 5.97 Å². The Labute approximate surface area is 150 Å². The van der Waals surface area contributed by atoms with E-state index in [9.17, 15) is 18.0 Å². The van der Waals surface area contributed by atoms with Crippen molar-refractivity contribution in [1.82, 2.24) is 0 Å². The molecule has 25 heavy (non-hydrogen) atoms. The zero-order chi connectivity index (χ0) is 18.6. The lowest BCUT2D eigenvalue weighted by Gasteiger charge is -2.15. The SMILES string of the molecule is CS(=O)(=O)CCOc1ccc(Cl)cc1NC(=O)[C@@H]1CC[C@H](C(=O)O)O1. The van der Waals surface area contributed by atoms with Crippen LogP contribution in [-0.2, 0) is 24.2 Å². The van der Waals surface area contributed by atoms with E-state index in [2.05, 4.69) is 5.32 Å². The molecule has 138 valence electrons. The van der Waals surface area contributed by atoms with Gasteiger partial charge in [0.25, 0.3) is 5.91 Å². The van der Waals surface area contributed by atoms with Gasteiger partial charge in [-0.05, 0) is 31.0 Å². The predicted molar refractivity (Wildman–Crippen MR) is 90.8 cm³/mol. The number of carbonyl (C=O) groups is 2. The Kier molecular flexibility index (Phi) is 6.26. The summed E-state index contributed by atoms with van der Waals surface area (Å²) < 4.78 is 32.9. The molecular formula is C15H18ClNO7S. The number of hydrogen-bond acceptors (Lipinski definition) is 6. The number of rotatable bonds is 7. The monoisotopic (exact) mass is 391 g/mol. The molecule has 1 aromatic rings. The van der Waals surface area contributed by atoms with Gasteiger partial charge in [0, 0.05) is 11.3 Å². The molecule has 1 amide bonds. The lowest BCUT2D eigenvalue weighted by molar-refractivity contribution is -0.150. The fraction of sp³-hybridized carbons (Fsp3) is 0.467. The Hall–Kier alpha value is -1.84. The summed E-state index contributed by atoms with van der Waals surface area (Å²) >= 11 is 5.92. The Balaban J connectivity index is 2.04. The fourth-order valence-corrected chi connectivity index (χ4v) is 2.81. The number of nitrogens with one attached hydrogen (secondary N) is 1. The third-order valence-electron chi connectivity index (χ3n) is 3.50. The van der Waals surface area contributed by atoms with Crippen LogP contribution >= 0.6 is 11.6 Å². The van der Waals surface area contributed by atoms with Crippen molar-refractivity contribution in [2.75, 3.05) is 23.9 Å². The quantitative estimate of drug-likeness (QED) is 0.719. The Morgan fingerprint density at radius 3 is 2.64 bits per heavy atom. The van der Waals surface area contributed by atoms with Gasteiger partial charge in [-0.15, -0.1) is 0 Å². The number of carboxylic acids is 1. The largest absolute Gasteiger partial charge is 0.490 e. The van der Waals surface area contributed by atoms with Crippen molar-refractivity contribution in [3.8, 4) is 5.75 Å². The second-order valence-corrected chi connectivity index (χ2v) is 8.33. The topological polar surface area (TPSA) is 119 Å². The number of benzene rings is 1. The van der Waals surface area contributed by atoms with Crippen molar-refractivity contribution in [2.45, 2.75) is 25.0 Å². The zero-order valence-corrected chi connectivity index (χ0v) is 15.0. The van der Waals surface area contributed by atoms with Crippen LogP contribution in [0.25, 0.3) is 0 Å². The van der Waals surface area contributed by atoms with E-state index in [-0.39, 0.29) is 36.6 Å². The summed E-state index contributed by atoms with van der Waals surface area (Å²) in [6.07, 6.45) is -0.254. The summed E-state index contributed by atoms with van der Waals surface area (Å²) in [5, 5.41) is 11.8. The number of carboxylic acid groups (broad SMARTS) is 1. The van der Waals surface area contributed by atoms with Gasteiger partial charge in [-0.3, -0.25) is 4.79 Å². The van der Waals surface area contributed by atoms with Gasteiger partial charge in [-0.25, -0.2) is 13.2 Å². The summed E-state index contributed by atoms with van der Waals surface area (Å²) in [5.41, 5.74) is 0.258. The third-order valence-corrected chi connectivity index (χ3v) is 4.64. The first-order valence-corrected chi connectivity index (χ1v) is 9.89. The predicted octanol–water partition coefficient (Wildman–Crippen LogP) is 1.33. The summed E-state index contributed by atoms with van der Waals surface area (Å²) in [7, 11) is -3.18. The Morgan fingerprint density at radius 1 is 1.36 bits per heavy atom. The summed E-state index contributed by atoms with van der Waals surface area (Å²) in [4.78, 5) is 23.1. The van der Waals surface area contributed by atoms with Crippen LogP contribution in [0.2, 0.25) is 5.02 Å². The molecule has 1 aromatic carbocycles. The average molecular weight is 392 g/mol. The van der Waals surface area contributed by atoms with E-state index in [4.69, 9.17) is 26.2 Å². The molecule has 8 nitrogen and oxygen atoms in total. The van der Waals surface area contributed by atoms with Gasteiger partial charge in [0.1, 0.15) is 18.5 Å². The third kappa shape index (κ3) is 5.87. The molecule has 0 spiro atoms. The van der Waals surface area contributed by atoms with Gasteiger partial charge in [-0.1, -0.05) is 11.6 Å². The fourth-order valence-electron chi connectivity index (χ4n) is 2.25. The molecule has 1 aliphatic heterocycles. The molecule has 0 bridgehead atoms. The molecule has 0 radical (unpaired) electrons. The van der Waals surface area contributed by atoms with E-state index < -0.39 is 33.9 Å². The molecule has 0 aromatic heterocycles. The van der Waals surface area contributed by atoms with E-state index in [0.29, 0.717) is 5.02 Å². The Bertz CT molecular complexity index is 765. The lowest BCUT2D eigenvalue weighted by Crippen LogP contribution is -2.30. The highest BCUT2D eigenvalue weighted by Crippen LogP contribution is 2.29. The number of ether oxygens (including phenoxy) is 2. The van der Waals surface area contributed by atoms with E-state index in [1.165, 1.54) is 12.1 Å². The van der Waals surface area contributed by atoms with Crippen molar-refractivity contribution in [2.24, 2.45) is 0 Å². The van der Waals surface area contributed by atoms with Crippen LogP contribution in [0.3, 0.4) is 0 Å². The standard InChI is InChI=1S/C15H18ClNO7S/c1-25(21,22)7-6-23-11-3-2-9(16)8-10(11)17-14(18)12-4-5-13(24-12)15(19)20/h2-3,8,12-13H,4-7H2,1H3,(H,17,18)(H,19,20)/t12-,13+/m0/s1. The van der Waals surface area contributed by atoms with Crippen LogP contribution in [-0.4, -0.2) is 56.2 Å². The van der Waals surface area contributed by atoms with Gasteiger partial charge in [0.05, 0.1) is 11.4 Å². The summed E-state index contributed by atoms with van der Waals surface area (Å²) in [6, 6.07) is 4.51. The molecule has 1 saturated heterocycles. The second-order valence-electron chi connectivity index (χ2n) is 5.64. The number of anilines is 1. The van der Waals surface area contributed by atoms with Crippen molar-refractivity contribution < 1.29 is 32.6 Å². The molecule has 2 rings (SSSR count). The molecule has 0 unspecified atom stereocenters. The van der Waals surface area contributed by atoms with Gasteiger partial charge < -0.3 is 19.9 Å². The first kappa shape index (κ1) is 19.5. The first-order valence-electron chi connectivity index (χ1n) is 7.45. The van der Waals surface area contributed by atoms with E-state index in [1.54, 1.807) is 6.07 Å². The van der Waals surface area contributed by atoms with Crippen LogP contribution < -0.4 is 10.1 Å². The normalized spacial score (nSPS) is 20.2. The van der Waals surface area contributed by atoms with Crippen LogP contribution in [0.5, 0.6) is 5.75 Å². The first-order chi connectivity index (χ1) is 11.7. The molecule has 0 saturated carbocycles. The zero-order valence-electron chi connectivity index (χ0n) is 13.4. The van der Waals surface area contributed by atoms with Crippen molar-refractivity contribution in [3.63, 3.8) is 0 Å². The average Bonchev–Trinajstić information content (AvgIpc) is 2.98. The van der Waals surface area contributed by atoms with Crippen LogP contribution in [0.4, 0.5) is 5.69 Å². The number of amides is 1. The molecule has 1 heterocycles. The number of sulfone groups is 1. The molecule has 1 aliphatic rings. The number of halogens is 1. The molecule has 2 atom stereocenters. The van der Waals surface area contributed by atoms with Gasteiger partial charge in [0.15, 0.2) is 15.9 Å². The number of hydrogen-bond donors (Lipinski definition) is 2.